The molecule has 40 heavy (non-hydrogen) atoms. The molecule has 0 bridgehead atoms. The van der Waals surface area contributed by atoms with Crippen molar-refractivity contribution in [3.05, 3.63) is 78.5 Å². The number of hydrogen-bond acceptors (Lipinski definition) is 8. The Hall–Kier alpha value is -4.18. The van der Waals surface area contributed by atoms with E-state index in [0.29, 0.717) is 10.9 Å². The van der Waals surface area contributed by atoms with Gasteiger partial charge in [-0.1, -0.05) is 48.5 Å². The van der Waals surface area contributed by atoms with E-state index in [1.165, 1.54) is 6.08 Å². The van der Waals surface area contributed by atoms with Gasteiger partial charge in [0.25, 0.3) is 0 Å². The van der Waals surface area contributed by atoms with Crippen LogP contribution in [0.2, 0.25) is 0 Å². The highest BCUT2D eigenvalue weighted by Gasteiger charge is 2.18. The highest BCUT2D eigenvalue weighted by molar-refractivity contribution is 8.14. The predicted molar refractivity (Wildman–Crippen MR) is 160 cm³/mol. The third-order valence-electron chi connectivity index (χ3n) is 5.13. The average molecular weight is 563 g/mol. The van der Waals surface area contributed by atoms with Crippen molar-refractivity contribution in [3.8, 4) is 0 Å². The van der Waals surface area contributed by atoms with Crippen molar-refractivity contribution in [2.24, 2.45) is 4.99 Å². The maximum Gasteiger partial charge on any atom is 0.307 e. The molecule has 1 atom stereocenters. The van der Waals surface area contributed by atoms with Gasteiger partial charge in [0.15, 0.2) is 5.17 Å². The Balaban J connectivity index is 1.64. The van der Waals surface area contributed by atoms with Crippen molar-refractivity contribution in [3.63, 3.8) is 0 Å². The predicted octanol–water partition coefficient (Wildman–Crippen LogP) is 5.53. The quantitative estimate of drug-likeness (QED) is 0.109. The number of benzene rings is 2. The molecule has 10 heteroatoms. The fourth-order valence-corrected chi connectivity index (χ4v) is 4.16. The summed E-state index contributed by atoms with van der Waals surface area (Å²) in [5, 5.41) is 7.42. The van der Waals surface area contributed by atoms with Crippen LogP contribution in [-0.4, -0.2) is 45.7 Å². The number of amides is 1. The van der Waals surface area contributed by atoms with Gasteiger partial charge in [0.1, 0.15) is 17.7 Å². The molecule has 0 aliphatic rings. The summed E-state index contributed by atoms with van der Waals surface area (Å²) in [5.41, 5.74) is 1.75. The standard InChI is InChI=1S/C30H34N4O5S/c1-21(32-25(35)16-15-22-10-6-5-7-11-22)33-29(34-24-14-8-12-23-13-9-19-31-28(23)24)40-20-38-26(36)17-18-27(37)39-30(2,3)4/h5-16,19,21H,17-18,20H2,1-4H3,(H,32,35)(H,33,34)/b16-15+. The molecule has 0 aliphatic carbocycles. The summed E-state index contributed by atoms with van der Waals surface area (Å²) in [5.74, 6) is -1.34. The van der Waals surface area contributed by atoms with Gasteiger partial charge in [-0.2, -0.15) is 0 Å². The van der Waals surface area contributed by atoms with Crippen LogP contribution in [0.5, 0.6) is 0 Å². The van der Waals surface area contributed by atoms with Crippen LogP contribution in [0.3, 0.4) is 0 Å². The Kier molecular flexibility index (Phi) is 11.3. The Morgan fingerprint density at radius 3 is 2.48 bits per heavy atom. The molecule has 1 amide bonds. The van der Waals surface area contributed by atoms with E-state index in [1.54, 1.807) is 40.0 Å². The molecule has 1 aromatic heterocycles. The smallest absolute Gasteiger partial charge is 0.307 e. The number of nitrogens with zero attached hydrogens (tertiary/aromatic N) is 2. The number of esters is 2. The number of anilines is 1. The van der Waals surface area contributed by atoms with Crippen LogP contribution in [0.4, 0.5) is 5.69 Å². The summed E-state index contributed by atoms with van der Waals surface area (Å²) < 4.78 is 10.5. The van der Waals surface area contributed by atoms with E-state index >= 15 is 0 Å². The van der Waals surface area contributed by atoms with Gasteiger partial charge in [0, 0.05) is 17.7 Å². The lowest BCUT2D eigenvalue weighted by Gasteiger charge is -2.19. The first-order valence-electron chi connectivity index (χ1n) is 12.8. The Morgan fingerprint density at radius 1 is 1.00 bits per heavy atom. The molecule has 3 rings (SSSR count). The SMILES string of the molecule is CC(N=C(Nc1cccc2cccnc12)SCOC(=O)CCC(=O)OC(C)(C)C)NC(=O)/C=C/c1ccccc1. The first-order valence-corrected chi connectivity index (χ1v) is 13.8. The molecule has 0 radical (unpaired) electrons. The number of aliphatic imine (C=N–C) groups is 1. The zero-order valence-electron chi connectivity index (χ0n) is 23.0. The fraction of sp³-hybridized carbons (Fsp3) is 0.300. The molecule has 0 saturated carbocycles. The van der Waals surface area contributed by atoms with Crippen molar-refractivity contribution in [1.29, 1.82) is 0 Å². The van der Waals surface area contributed by atoms with Crippen LogP contribution < -0.4 is 10.6 Å². The van der Waals surface area contributed by atoms with E-state index in [1.807, 2.05) is 60.7 Å². The zero-order chi connectivity index (χ0) is 29.0. The van der Waals surface area contributed by atoms with Crippen LogP contribution in [0, 0.1) is 0 Å². The van der Waals surface area contributed by atoms with Gasteiger partial charge in [-0.25, -0.2) is 4.99 Å². The minimum atomic E-state index is -0.617. The summed E-state index contributed by atoms with van der Waals surface area (Å²) >= 11 is 1.15. The molecule has 0 fully saturated rings. The van der Waals surface area contributed by atoms with E-state index < -0.39 is 23.7 Å². The van der Waals surface area contributed by atoms with E-state index in [4.69, 9.17) is 9.47 Å². The van der Waals surface area contributed by atoms with Crippen LogP contribution >= 0.6 is 11.8 Å². The number of hydrogen-bond donors (Lipinski definition) is 2. The van der Waals surface area contributed by atoms with Crippen LogP contribution in [0.25, 0.3) is 17.0 Å². The Bertz CT molecular complexity index is 1360. The van der Waals surface area contributed by atoms with Gasteiger partial charge in [0.2, 0.25) is 5.91 Å². The third-order valence-corrected chi connectivity index (χ3v) is 5.85. The molecule has 210 valence electrons. The average Bonchev–Trinajstić information content (AvgIpc) is 2.90. The van der Waals surface area contributed by atoms with Gasteiger partial charge in [-0.05, 0) is 63.2 Å². The molecule has 1 unspecified atom stereocenters. The summed E-state index contributed by atoms with van der Waals surface area (Å²) in [6.07, 6.45) is 4.12. The molecule has 1 heterocycles. The second-order valence-corrected chi connectivity index (χ2v) is 10.6. The minimum Gasteiger partial charge on any atom is -0.460 e. The molecular weight excluding hydrogens is 528 g/mol. The van der Waals surface area contributed by atoms with Crippen molar-refractivity contribution >= 4 is 57.4 Å². The molecule has 2 N–H and O–H groups in total. The number of carbonyl (C=O) groups is 3. The first-order chi connectivity index (χ1) is 19.1. The van der Waals surface area contributed by atoms with E-state index in [2.05, 4.69) is 20.6 Å². The summed E-state index contributed by atoms with van der Waals surface area (Å²) in [7, 11) is 0. The second-order valence-electron chi connectivity index (χ2n) is 9.73. The summed E-state index contributed by atoms with van der Waals surface area (Å²) in [4.78, 5) is 45.6. The number of thioether (sulfide) groups is 1. The van der Waals surface area contributed by atoms with Crippen molar-refractivity contribution < 1.29 is 23.9 Å². The van der Waals surface area contributed by atoms with Crippen LogP contribution in [0.1, 0.15) is 46.1 Å². The molecule has 0 saturated heterocycles. The zero-order valence-corrected chi connectivity index (χ0v) is 23.9. The number of ether oxygens (including phenoxy) is 2. The largest absolute Gasteiger partial charge is 0.460 e. The number of aromatic nitrogens is 1. The van der Waals surface area contributed by atoms with Gasteiger partial charge >= 0.3 is 11.9 Å². The number of fused-ring (bicyclic) bond motifs is 1. The van der Waals surface area contributed by atoms with Crippen LogP contribution in [-0.2, 0) is 23.9 Å². The van der Waals surface area contributed by atoms with Gasteiger partial charge in [-0.3, -0.25) is 19.4 Å². The lowest BCUT2D eigenvalue weighted by atomic mass is 10.2. The fourth-order valence-electron chi connectivity index (χ4n) is 3.44. The summed E-state index contributed by atoms with van der Waals surface area (Å²) in [6, 6.07) is 19.0. The highest BCUT2D eigenvalue weighted by Crippen LogP contribution is 2.22. The minimum absolute atomic E-state index is 0.0498. The Labute approximate surface area is 238 Å². The number of rotatable bonds is 10. The molecule has 3 aromatic rings. The highest BCUT2D eigenvalue weighted by atomic mass is 32.2. The van der Waals surface area contributed by atoms with E-state index in [-0.39, 0.29) is 24.7 Å². The molecular formula is C30H34N4O5S. The normalized spacial score (nSPS) is 12.7. The van der Waals surface area contributed by atoms with Gasteiger partial charge in [-0.15, -0.1) is 0 Å². The summed E-state index contributed by atoms with van der Waals surface area (Å²) in [6.45, 7) is 7.04. The third kappa shape index (κ3) is 10.9. The number of para-hydroxylation sites is 1. The lowest BCUT2D eigenvalue weighted by molar-refractivity contribution is -0.157. The molecule has 2 aromatic carbocycles. The monoisotopic (exact) mass is 562 g/mol. The van der Waals surface area contributed by atoms with Gasteiger partial charge < -0.3 is 20.1 Å². The van der Waals surface area contributed by atoms with Crippen LogP contribution in [0.15, 0.2) is 77.9 Å². The number of pyridine rings is 1. The number of nitrogens with one attached hydrogen (secondary N) is 2. The molecule has 9 nitrogen and oxygen atoms in total. The lowest BCUT2D eigenvalue weighted by Crippen LogP contribution is -2.31. The number of amidine groups is 1. The van der Waals surface area contributed by atoms with Crippen molar-refractivity contribution in [2.75, 3.05) is 11.3 Å². The van der Waals surface area contributed by atoms with Crippen molar-refractivity contribution in [2.45, 2.75) is 52.3 Å². The van der Waals surface area contributed by atoms with Crippen molar-refractivity contribution in [1.82, 2.24) is 10.3 Å². The topological polar surface area (TPSA) is 119 Å². The second kappa shape index (κ2) is 14.8. The first kappa shape index (κ1) is 30.4. The maximum atomic E-state index is 12.4. The molecule has 0 spiro atoms. The maximum absolute atomic E-state index is 12.4. The molecule has 0 aliphatic heterocycles. The number of carbonyl (C=O) groups excluding carboxylic acids is 3. The van der Waals surface area contributed by atoms with Gasteiger partial charge in [0.05, 0.1) is 24.0 Å². The Morgan fingerprint density at radius 2 is 1.73 bits per heavy atom. The van der Waals surface area contributed by atoms with E-state index in [0.717, 1.165) is 28.2 Å². The van der Waals surface area contributed by atoms with E-state index in [9.17, 15) is 14.4 Å².